The van der Waals surface area contributed by atoms with Gasteiger partial charge in [-0.2, -0.15) is 0 Å². The minimum Gasteiger partial charge on any atom is -0.439 e. The third kappa shape index (κ3) is 2.47. The van der Waals surface area contributed by atoms with Crippen LogP contribution in [-0.4, -0.2) is 20.2 Å². The summed E-state index contributed by atoms with van der Waals surface area (Å²) in [5, 5.41) is 0. The second-order valence-electron chi connectivity index (χ2n) is 2.98. The SMILES string of the molecule is [CH2]c1ccccc1OC(C)(OC)OC. The van der Waals surface area contributed by atoms with Gasteiger partial charge in [-0.25, -0.2) is 0 Å². The van der Waals surface area contributed by atoms with Gasteiger partial charge >= 0.3 is 5.97 Å². The lowest BCUT2D eigenvalue weighted by molar-refractivity contribution is -0.309. The average molecular weight is 195 g/mol. The first-order chi connectivity index (χ1) is 6.61. The average Bonchev–Trinajstić information content (AvgIpc) is 2.21. The molecule has 0 unspecified atom stereocenters. The predicted octanol–water partition coefficient (Wildman–Crippen LogP) is 2.21. The maximum absolute atomic E-state index is 5.52. The fraction of sp³-hybridized carbons (Fsp3) is 0.364. The van der Waals surface area contributed by atoms with E-state index in [-0.39, 0.29) is 0 Å². The van der Waals surface area contributed by atoms with Crippen LogP contribution in [0.25, 0.3) is 0 Å². The van der Waals surface area contributed by atoms with Gasteiger partial charge in [0.15, 0.2) is 0 Å². The minimum absolute atomic E-state index is 0.652. The minimum atomic E-state index is -1.06. The fourth-order valence-electron chi connectivity index (χ4n) is 0.970. The molecule has 0 fully saturated rings. The summed E-state index contributed by atoms with van der Waals surface area (Å²) in [6, 6.07) is 7.45. The predicted molar refractivity (Wildman–Crippen MR) is 54.0 cm³/mol. The molecule has 0 saturated carbocycles. The third-order valence-electron chi connectivity index (χ3n) is 2.01. The van der Waals surface area contributed by atoms with Crippen LogP contribution >= 0.6 is 0 Å². The van der Waals surface area contributed by atoms with Crippen molar-refractivity contribution in [3.05, 3.63) is 36.8 Å². The quantitative estimate of drug-likeness (QED) is 0.689. The molecule has 1 aromatic rings. The lowest BCUT2D eigenvalue weighted by Crippen LogP contribution is -2.36. The van der Waals surface area contributed by atoms with E-state index < -0.39 is 5.97 Å². The highest BCUT2D eigenvalue weighted by Crippen LogP contribution is 2.23. The Hall–Kier alpha value is -1.06. The molecule has 0 atom stereocenters. The number of benzene rings is 1. The zero-order valence-corrected chi connectivity index (χ0v) is 8.74. The first-order valence-electron chi connectivity index (χ1n) is 4.31. The summed E-state index contributed by atoms with van der Waals surface area (Å²) in [4.78, 5) is 0. The molecular formula is C11H15O3. The van der Waals surface area contributed by atoms with Crippen LogP contribution in [0, 0.1) is 6.92 Å². The molecule has 0 aromatic heterocycles. The Morgan fingerprint density at radius 1 is 1.14 bits per heavy atom. The maximum atomic E-state index is 5.52. The van der Waals surface area contributed by atoms with Crippen molar-refractivity contribution >= 4 is 0 Å². The standard InChI is InChI=1S/C11H15O3/c1-9-7-5-6-8-10(9)14-11(2,12-3)13-4/h5-8H,1H2,2-4H3. The van der Waals surface area contributed by atoms with Crippen molar-refractivity contribution in [1.82, 2.24) is 0 Å². The van der Waals surface area contributed by atoms with E-state index in [2.05, 4.69) is 6.92 Å². The number of methoxy groups -OCH3 is 2. The van der Waals surface area contributed by atoms with Crippen molar-refractivity contribution in [2.75, 3.05) is 14.2 Å². The number of hydrogen-bond acceptors (Lipinski definition) is 3. The highest BCUT2D eigenvalue weighted by Gasteiger charge is 2.25. The first kappa shape index (κ1) is 11.0. The van der Waals surface area contributed by atoms with Gasteiger partial charge in [-0.15, -0.1) is 0 Å². The van der Waals surface area contributed by atoms with Gasteiger partial charge in [0.1, 0.15) is 5.75 Å². The van der Waals surface area contributed by atoms with Gasteiger partial charge in [0.05, 0.1) is 0 Å². The van der Waals surface area contributed by atoms with E-state index in [1.54, 1.807) is 6.92 Å². The molecule has 0 saturated heterocycles. The highest BCUT2D eigenvalue weighted by atomic mass is 16.9. The number of rotatable bonds is 4. The van der Waals surface area contributed by atoms with Gasteiger partial charge in [-0.3, -0.25) is 0 Å². The topological polar surface area (TPSA) is 27.7 Å². The highest BCUT2D eigenvalue weighted by molar-refractivity contribution is 5.35. The van der Waals surface area contributed by atoms with Crippen molar-refractivity contribution < 1.29 is 14.2 Å². The molecule has 1 radical (unpaired) electrons. The molecule has 0 spiro atoms. The van der Waals surface area contributed by atoms with E-state index in [1.165, 1.54) is 14.2 Å². The van der Waals surface area contributed by atoms with E-state index >= 15 is 0 Å². The normalized spacial score (nSPS) is 11.4. The monoisotopic (exact) mass is 195 g/mol. The molecule has 77 valence electrons. The summed E-state index contributed by atoms with van der Waals surface area (Å²) in [5.41, 5.74) is 0.799. The molecular weight excluding hydrogens is 180 g/mol. The lowest BCUT2D eigenvalue weighted by Gasteiger charge is -2.27. The molecule has 1 aromatic carbocycles. The van der Waals surface area contributed by atoms with E-state index in [9.17, 15) is 0 Å². The Balaban J connectivity index is 2.82. The van der Waals surface area contributed by atoms with Crippen LogP contribution in [0.5, 0.6) is 5.75 Å². The summed E-state index contributed by atoms with van der Waals surface area (Å²) in [6.07, 6.45) is 0. The van der Waals surface area contributed by atoms with E-state index in [0.29, 0.717) is 5.75 Å². The Labute approximate surface area is 84.6 Å². The van der Waals surface area contributed by atoms with Gasteiger partial charge in [-0.1, -0.05) is 18.2 Å². The third-order valence-corrected chi connectivity index (χ3v) is 2.01. The zero-order valence-electron chi connectivity index (χ0n) is 8.74. The smallest absolute Gasteiger partial charge is 0.323 e. The molecule has 1 rings (SSSR count). The zero-order chi connectivity index (χ0) is 10.6. The molecule has 3 heteroatoms. The Morgan fingerprint density at radius 3 is 2.21 bits per heavy atom. The maximum Gasteiger partial charge on any atom is 0.323 e. The van der Waals surface area contributed by atoms with Crippen LogP contribution in [-0.2, 0) is 9.47 Å². The Morgan fingerprint density at radius 2 is 1.71 bits per heavy atom. The van der Waals surface area contributed by atoms with Crippen molar-refractivity contribution in [1.29, 1.82) is 0 Å². The summed E-state index contributed by atoms with van der Waals surface area (Å²) < 4.78 is 15.7. The van der Waals surface area contributed by atoms with Crippen molar-refractivity contribution in [3.8, 4) is 5.75 Å². The summed E-state index contributed by atoms with van der Waals surface area (Å²) in [7, 11) is 3.05. The van der Waals surface area contributed by atoms with E-state index in [1.807, 2.05) is 24.3 Å². The van der Waals surface area contributed by atoms with Gasteiger partial charge in [0.2, 0.25) is 0 Å². The Kier molecular flexibility index (Phi) is 3.49. The Bertz CT molecular complexity index is 292. The molecule has 0 bridgehead atoms. The summed E-state index contributed by atoms with van der Waals surface area (Å²) in [5.74, 6) is -0.410. The van der Waals surface area contributed by atoms with Gasteiger partial charge in [-0.05, 0) is 18.6 Å². The molecule has 0 aliphatic heterocycles. The van der Waals surface area contributed by atoms with Crippen LogP contribution in [0.3, 0.4) is 0 Å². The molecule has 3 nitrogen and oxygen atoms in total. The molecule has 0 amide bonds. The first-order valence-corrected chi connectivity index (χ1v) is 4.31. The number of ether oxygens (including phenoxy) is 3. The van der Waals surface area contributed by atoms with Gasteiger partial charge in [0, 0.05) is 21.1 Å². The van der Waals surface area contributed by atoms with Crippen molar-refractivity contribution in [2.24, 2.45) is 0 Å². The van der Waals surface area contributed by atoms with Crippen molar-refractivity contribution in [3.63, 3.8) is 0 Å². The molecule has 0 aliphatic carbocycles. The fourth-order valence-corrected chi connectivity index (χ4v) is 0.970. The van der Waals surface area contributed by atoms with Gasteiger partial charge in [0.25, 0.3) is 0 Å². The molecule has 0 heterocycles. The molecule has 14 heavy (non-hydrogen) atoms. The molecule has 0 aliphatic rings. The van der Waals surface area contributed by atoms with E-state index in [4.69, 9.17) is 14.2 Å². The lowest BCUT2D eigenvalue weighted by atomic mass is 10.2. The molecule has 0 N–H and O–H groups in total. The summed E-state index contributed by atoms with van der Waals surface area (Å²) in [6.45, 7) is 5.53. The van der Waals surface area contributed by atoms with E-state index in [0.717, 1.165) is 5.56 Å². The number of hydrogen-bond donors (Lipinski definition) is 0. The largest absolute Gasteiger partial charge is 0.439 e. The van der Waals surface area contributed by atoms with Crippen molar-refractivity contribution in [2.45, 2.75) is 12.9 Å². The van der Waals surface area contributed by atoms with Crippen LogP contribution in [0.4, 0.5) is 0 Å². The second-order valence-corrected chi connectivity index (χ2v) is 2.98. The van der Waals surface area contributed by atoms with Crippen LogP contribution in [0.2, 0.25) is 0 Å². The van der Waals surface area contributed by atoms with Crippen LogP contribution in [0.15, 0.2) is 24.3 Å². The van der Waals surface area contributed by atoms with Gasteiger partial charge < -0.3 is 14.2 Å². The second kappa shape index (κ2) is 4.44. The van der Waals surface area contributed by atoms with Crippen LogP contribution in [0.1, 0.15) is 12.5 Å². The van der Waals surface area contributed by atoms with Crippen LogP contribution < -0.4 is 4.74 Å². The summed E-state index contributed by atoms with van der Waals surface area (Å²) >= 11 is 0. The number of para-hydroxylation sites is 1.